The van der Waals surface area contributed by atoms with Gasteiger partial charge in [-0.15, -0.1) is 0 Å². The third kappa shape index (κ3) is 4.01. The molecule has 0 fully saturated rings. The van der Waals surface area contributed by atoms with Gasteiger partial charge < -0.3 is 5.73 Å². The SMILES string of the molecule is CCC(C)(C)CNS(=O)(=O)c1cc(CN)cc(F)c1C. The average Bonchev–Trinajstić information content (AvgIpc) is 2.39. The molecule has 0 radical (unpaired) electrons. The highest BCUT2D eigenvalue weighted by Gasteiger charge is 2.23. The van der Waals surface area contributed by atoms with Crippen LogP contribution in [0.15, 0.2) is 17.0 Å². The second-order valence-corrected chi connectivity index (χ2v) is 7.48. The first kappa shape index (κ1) is 17.1. The number of hydrogen-bond acceptors (Lipinski definition) is 3. The van der Waals surface area contributed by atoms with Crippen molar-refractivity contribution in [3.8, 4) is 0 Å². The van der Waals surface area contributed by atoms with E-state index < -0.39 is 15.8 Å². The number of hydrogen-bond donors (Lipinski definition) is 2. The highest BCUT2D eigenvalue weighted by molar-refractivity contribution is 7.89. The molecular formula is C14H23FN2O2S. The van der Waals surface area contributed by atoms with E-state index in [1.54, 1.807) is 0 Å². The Morgan fingerprint density at radius 2 is 1.95 bits per heavy atom. The van der Waals surface area contributed by atoms with Crippen molar-refractivity contribution >= 4 is 10.0 Å². The molecule has 0 atom stereocenters. The van der Waals surface area contributed by atoms with Crippen molar-refractivity contribution in [2.45, 2.75) is 45.6 Å². The predicted octanol–water partition coefficient (Wildman–Crippen LogP) is 2.31. The summed E-state index contributed by atoms with van der Waals surface area (Å²) in [6.07, 6.45) is 0.839. The van der Waals surface area contributed by atoms with Gasteiger partial charge in [-0.25, -0.2) is 17.5 Å². The fraction of sp³-hybridized carbons (Fsp3) is 0.571. The maximum absolute atomic E-state index is 13.7. The van der Waals surface area contributed by atoms with Gasteiger partial charge in [0.25, 0.3) is 0 Å². The van der Waals surface area contributed by atoms with Gasteiger partial charge in [0.15, 0.2) is 0 Å². The molecule has 4 nitrogen and oxygen atoms in total. The molecule has 0 unspecified atom stereocenters. The minimum Gasteiger partial charge on any atom is -0.326 e. The van der Waals surface area contributed by atoms with Crippen LogP contribution in [0.2, 0.25) is 0 Å². The quantitative estimate of drug-likeness (QED) is 0.847. The molecule has 0 aliphatic heterocycles. The number of rotatable bonds is 6. The van der Waals surface area contributed by atoms with E-state index in [0.717, 1.165) is 6.42 Å². The van der Waals surface area contributed by atoms with Crippen molar-refractivity contribution in [2.24, 2.45) is 11.1 Å². The molecule has 0 saturated carbocycles. The summed E-state index contributed by atoms with van der Waals surface area (Å²) in [5, 5.41) is 0. The first-order valence-electron chi connectivity index (χ1n) is 6.61. The molecule has 114 valence electrons. The normalized spacial score (nSPS) is 12.7. The molecule has 0 amide bonds. The topological polar surface area (TPSA) is 72.2 Å². The molecule has 1 rings (SSSR count). The second-order valence-electron chi connectivity index (χ2n) is 5.75. The van der Waals surface area contributed by atoms with Gasteiger partial charge >= 0.3 is 0 Å². The van der Waals surface area contributed by atoms with Crippen molar-refractivity contribution in [1.82, 2.24) is 4.72 Å². The number of halogens is 1. The lowest BCUT2D eigenvalue weighted by Gasteiger charge is -2.23. The highest BCUT2D eigenvalue weighted by Crippen LogP contribution is 2.23. The zero-order valence-corrected chi connectivity index (χ0v) is 13.3. The van der Waals surface area contributed by atoms with Crippen LogP contribution in [0.3, 0.4) is 0 Å². The van der Waals surface area contributed by atoms with Crippen LogP contribution >= 0.6 is 0 Å². The van der Waals surface area contributed by atoms with Crippen LogP contribution in [0.25, 0.3) is 0 Å². The first-order valence-corrected chi connectivity index (χ1v) is 8.10. The smallest absolute Gasteiger partial charge is 0.240 e. The Balaban J connectivity index is 3.13. The summed E-state index contributed by atoms with van der Waals surface area (Å²) in [5.74, 6) is -0.553. The maximum Gasteiger partial charge on any atom is 0.240 e. The lowest BCUT2D eigenvalue weighted by Crippen LogP contribution is -2.34. The van der Waals surface area contributed by atoms with Crippen LogP contribution < -0.4 is 10.5 Å². The molecule has 0 bridgehead atoms. The minimum atomic E-state index is -3.73. The molecule has 6 heteroatoms. The first-order chi connectivity index (χ1) is 9.13. The standard InChI is InChI=1S/C14H23FN2O2S/c1-5-14(3,4)9-17-20(18,19)13-7-11(8-16)6-12(15)10(13)2/h6-7,17H,5,8-9,16H2,1-4H3. The minimum absolute atomic E-state index is 0.0372. The highest BCUT2D eigenvalue weighted by atomic mass is 32.2. The monoisotopic (exact) mass is 302 g/mol. The second kappa shape index (κ2) is 6.20. The Morgan fingerprint density at radius 3 is 2.45 bits per heavy atom. The third-order valence-electron chi connectivity index (χ3n) is 3.58. The fourth-order valence-electron chi connectivity index (χ4n) is 1.60. The van der Waals surface area contributed by atoms with Crippen LogP contribution in [0.4, 0.5) is 4.39 Å². The van der Waals surface area contributed by atoms with E-state index in [-0.39, 0.29) is 22.4 Å². The van der Waals surface area contributed by atoms with Gasteiger partial charge in [-0.3, -0.25) is 0 Å². The van der Waals surface area contributed by atoms with Gasteiger partial charge in [0.1, 0.15) is 5.82 Å². The van der Waals surface area contributed by atoms with Gasteiger partial charge in [0.2, 0.25) is 10.0 Å². The third-order valence-corrected chi connectivity index (χ3v) is 5.11. The van der Waals surface area contributed by atoms with E-state index in [9.17, 15) is 12.8 Å². The van der Waals surface area contributed by atoms with Crippen molar-refractivity contribution < 1.29 is 12.8 Å². The van der Waals surface area contributed by atoms with Crippen molar-refractivity contribution in [1.29, 1.82) is 0 Å². The van der Waals surface area contributed by atoms with Crippen molar-refractivity contribution in [3.63, 3.8) is 0 Å². The largest absolute Gasteiger partial charge is 0.326 e. The average molecular weight is 302 g/mol. The Bertz CT molecular complexity index is 583. The van der Waals surface area contributed by atoms with Crippen molar-refractivity contribution in [3.05, 3.63) is 29.1 Å². The zero-order valence-electron chi connectivity index (χ0n) is 12.5. The van der Waals surface area contributed by atoms with Gasteiger partial charge in [-0.2, -0.15) is 0 Å². The molecule has 0 aliphatic carbocycles. The Morgan fingerprint density at radius 1 is 1.35 bits per heavy atom. The number of nitrogens with one attached hydrogen (secondary N) is 1. The van der Waals surface area contributed by atoms with E-state index in [2.05, 4.69) is 4.72 Å². The molecule has 1 aromatic rings. The van der Waals surface area contributed by atoms with Gasteiger partial charge in [-0.05, 0) is 36.5 Å². The Kier molecular flexibility index (Phi) is 5.29. The maximum atomic E-state index is 13.7. The van der Waals surface area contributed by atoms with Crippen LogP contribution in [0.5, 0.6) is 0 Å². The molecule has 3 N–H and O–H groups in total. The van der Waals surface area contributed by atoms with E-state index in [4.69, 9.17) is 5.73 Å². The van der Waals surface area contributed by atoms with Crippen LogP contribution in [0, 0.1) is 18.2 Å². The zero-order chi connectivity index (χ0) is 15.6. The van der Waals surface area contributed by atoms with Gasteiger partial charge in [-0.1, -0.05) is 20.8 Å². The molecule has 20 heavy (non-hydrogen) atoms. The molecule has 0 spiro atoms. The summed E-state index contributed by atoms with van der Waals surface area (Å²) in [6.45, 7) is 7.79. The summed E-state index contributed by atoms with van der Waals surface area (Å²) in [7, 11) is -3.73. The number of benzene rings is 1. The van der Waals surface area contributed by atoms with E-state index in [1.807, 2.05) is 20.8 Å². The molecule has 0 heterocycles. The predicted molar refractivity (Wildman–Crippen MR) is 78.3 cm³/mol. The molecular weight excluding hydrogens is 279 g/mol. The van der Waals surface area contributed by atoms with E-state index in [1.165, 1.54) is 19.1 Å². The van der Waals surface area contributed by atoms with Crippen LogP contribution in [-0.2, 0) is 16.6 Å². The summed E-state index contributed by atoms with van der Waals surface area (Å²) < 4.78 is 40.9. The summed E-state index contributed by atoms with van der Waals surface area (Å²) >= 11 is 0. The number of sulfonamides is 1. The summed E-state index contributed by atoms with van der Waals surface area (Å²) in [6, 6.07) is 2.70. The summed E-state index contributed by atoms with van der Waals surface area (Å²) in [5.41, 5.74) is 5.89. The van der Waals surface area contributed by atoms with Gasteiger partial charge in [0.05, 0.1) is 4.90 Å². The Hall–Kier alpha value is -0.980. The lowest BCUT2D eigenvalue weighted by atomic mass is 9.91. The van der Waals surface area contributed by atoms with Crippen LogP contribution in [0.1, 0.15) is 38.3 Å². The Labute approximate surface area is 120 Å². The van der Waals surface area contributed by atoms with E-state index >= 15 is 0 Å². The fourth-order valence-corrected chi connectivity index (χ4v) is 3.14. The van der Waals surface area contributed by atoms with E-state index in [0.29, 0.717) is 12.1 Å². The summed E-state index contributed by atoms with van der Waals surface area (Å²) in [4.78, 5) is -0.0372. The molecule has 0 saturated heterocycles. The molecule has 0 aromatic heterocycles. The molecule has 1 aromatic carbocycles. The lowest BCUT2D eigenvalue weighted by molar-refractivity contribution is 0.350. The van der Waals surface area contributed by atoms with Gasteiger partial charge in [0, 0.05) is 18.7 Å². The number of nitrogens with two attached hydrogens (primary N) is 1. The van der Waals surface area contributed by atoms with Crippen molar-refractivity contribution in [2.75, 3.05) is 6.54 Å². The van der Waals surface area contributed by atoms with Crippen LogP contribution in [-0.4, -0.2) is 15.0 Å². The molecule has 0 aliphatic rings.